The minimum atomic E-state index is 0.125. The second-order valence-corrected chi connectivity index (χ2v) is 7.06. The summed E-state index contributed by atoms with van der Waals surface area (Å²) < 4.78 is 1.97. The maximum Gasteiger partial charge on any atom is 0.225 e. The predicted octanol–water partition coefficient (Wildman–Crippen LogP) is 2.10. The lowest BCUT2D eigenvalue weighted by molar-refractivity contribution is -0.121. The first-order chi connectivity index (χ1) is 12.6. The normalized spacial score (nSPS) is 17.3. The van der Waals surface area contributed by atoms with E-state index >= 15 is 0 Å². The van der Waals surface area contributed by atoms with Gasteiger partial charge in [0.2, 0.25) is 11.9 Å². The highest BCUT2D eigenvalue weighted by molar-refractivity contribution is 5.75. The highest BCUT2D eigenvalue weighted by Gasteiger charge is 2.21. The number of rotatable bonds is 7. The quantitative estimate of drug-likeness (QED) is 0.822. The summed E-state index contributed by atoms with van der Waals surface area (Å²) in [7, 11) is 0. The molecule has 1 atom stereocenters. The highest BCUT2D eigenvalue weighted by Crippen LogP contribution is 2.19. The van der Waals surface area contributed by atoms with Gasteiger partial charge in [-0.2, -0.15) is 5.10 Å². The summed E-state index contributed by atoms with van der Waals surface area (Å²) in [5.41, 5.74) is 2.17. The van der Waals surface area contributed by atoms with Crippen molar-refractivity contribution in [2.24, 2.45) is 5.92 Å². The SMILES string of the molecule is Cc1cc(C)n(CCCC(=O)NC[C@H]2CCCN(c3ncccn3)C2)n1. The van der Waals surface area contributed by atoms with E-state index < -0.39 is 0 Å². The molecule has 1 fully saturated rings. The van der Waals surface area contributed by atoms with Crippen LogP contribution in [0, 0.1) is 19.8 Å². The molecule has 7 heteroatoms. The number of hydrogen-bond donors (Lipinski definition) is 1. The van der Waals surface area contributed by atoms with Crippen LogP contribution in [0.1, 0.15) is 37.1 Å². The van der Waals surface area contributed by atoms with E-state index in [0.29, 0.717) is 12.3 Å². The summed E-state index contributed by atoms with van der Waals surface area (Å²) in [6, 6.07) is 3.89. The molecular formula is C19H28N6O. The number of carbonyl (C=O) groups is 1. The van der Waals surface area contributed by atoms with Gasteiger partial charge in [-0.1, -0.05) is 0 Å². The summed E-state index contributed by atoms with van der Waals surface area (Å²) in [5.74, 6) is 1.36. The predicted molar refractivity (Wildman–Crippen MR) is 101 cm³/mol. The summed E-state index contributed by atoms with van der Waals surface area (Å²) in [6.45, 7) is 7.43. The number of anilines is 1. The van der Waals surface area contributed by atoms with Crippen LogP contribution in [0.5, 0.6) is 0 Å². The summed E-state index contributed by atoms with van der Waals surface area (Å²) >= 11 is 0. The molecule has 0 aliphatic carbocycles. The molecule has 140 valence electrons. The second-order valence-electron chi connectivity index (χ2n) is 7.06. The van der Waals surface area contributed by atoms with Gasteiger partial charge in [0.05, 0.1) is 5.69 Å². The average molecular weight is 356 g/mol. The summed E-state index contributed by atoms with van der Waals surface area (Å²) in [4.78, 5) is 23.0. The molecule has 0 bridgehead atoms. The van der Waals surface area contributed by atoms with Gasteiger partial charge in [0.25, 0.3) is 0 Å². The zero-order valence-corrected chi connectivity index (χ0v) is 15.7. The van der Waals surface area contributed by atoms with Crippen LogP contribution in [-0.4, -0.2) is 45.3 Å². The van der Waals surface area contributed by atoms with Crippen molar-refractivity contribution in [2.75, 3.05) is 24.5 Å². The number of hydrogen-bond acceptors (Lipinski definition) is 5. The zero-order chi connectivity index (χ0) is 18.4. The van der Waals surface area contributed by atoms with E-state index in [4.69, 9.17) is 0 Å². The van der Waals surface area contributed by atoms with Crippen LogP contribution in [0.25, 0.3) is 0 Å². The number of aryl methyl sites for hydroxylation is 3. The van der Waals surface area contributed by atoms with Gasteiger partial charge in [-0.05, 0) is 51.2 Å². The molecular weight excluding hydrogens is 328 g/mol. The molecule has 0 unspecified atom stereocenters. The van der Waals surface area contributed by atoms with E-state index in [9.17, 15) is 4.79 Å². The lowest BCUT2D eigenvalue weighted by Crippen LogP contribution is -2.41. The summed E-state index contributed by atoms with van der Waals surface area (Å²) in [6.07, 6.45) is 7.14. The van der Waals surface area contributed by atoms with Crippen molar-refractivity contribution in [1.82, 2.24) is 25.1 Å². The van der Waals surface area contributed by atoms with E-state index in [1.165, 1.54) is 0 Å². The number of aromatic nitrogens is 4. The van der Waals surface area contributed by atoms with Crippen molar-refractivity contribution in [2.45, 2.75) is 46.1 Å². The Labute approximate surface area is 154 Å². The summed E-state index contributed by atoms with van der Waals surface area (Å²) in [5, 5.41) is 7.53. The molecule has 3 rings (SSSR count). The maximum atomic E-state index is 12.1. The largest absolute Gasteiger partial charge is 0.356 e. The van der Waals surface area contributed by atoms with Crippen LogP contribution in [0.3, 0.4) is 0 Å². The Morgan fingerprint density at radius 1 is 1.31 bits per heavy atom. The zero-order valence-electron chi connectivity index (χ0n) is 15.7. The number of nitrogens with zero attached hydrogens (tertiary/aromatic N) is 5. The van der Waals surface area contributed by atoms with E-state index in [1.807, 2.05) is 24.6 Å². The van der Waals surface area contributed by atoms with Gasteiger partial charge in [-0.25, -0.2) is 9.97 Å². The molecule has 1 saturated heterocycles. The van der Waals surface area contributed by atoms with Gasteiger partial charge in [0.15, 0.2) is 0 Å². The Hall–Kier alpha value is -2.44. The highest BCUT2D eigenvalue weighted by atomic mass is 16.1. The van der Waals surface area contributed by atoms with Crippen LogP contribution >= 0.6 is 0 Å². The molecule has 1 amide bonds. The minimum Gasteiger partial charge on any atom is -0.356 e. The Morgan fingerprint density at radius 3 is 2.85 bits per heavy atom. The molecule has 0 aromatic carbocycles. The number of nitrogens with one attached hydrogen (secondary N) is 1. The van der Waals surface area contributed by atoms with Gasteiger partial charge < -0.3 is 10.2 Å². The van der Waals surface area contributed by atoms with Crippen molar-refractivity contribution in [3.05, 3.63) is 35.9 Å². The van der Waals surface area contributed by atoms with Crippen molar-refractivity contribution in [3.8, 4) is 0 Å². The Morgan fingerprint density at radius 2 is 2.12 bits per heavy atom. The first kappa shape index (κ1) is 18.4. The molecule has 2 aromatic heterocycles. The third kappa shape index (κ3) is 5.03. The first-order valence-corrected chi connectivity index (χ1v) is 9.41. The molecule has 0 spiro atoms. The lowest BCUT2D eigenvalue weighted by Gasteiger charge is -2.32. The van der Waals surface area contributed by atoms with Crippen LogP contribution < -0.4 is 10.2 Å². The van der Waals surface area contributed by atoms with E-state index in [0.717, 1.165) is 62.8 Å². The number of carbonyl (C=O) groups excluding carboxylic acids is 1. The smallest absolute Gasteiger partial charge is 0.225 e. The maximum absolute atomic E-state index is 12.1. The van der Waals surface area contributed by atoms with E-state index in [2.05, 4.69) is 31.3 Å². The van der Waals surface area contributed by atoms with Gasteiger partial charge in [0.1, 0.15) is 0 Å². The monoisotopic (exact) mass is 356 g/mol. The van der Waals surface area contributed by atoms with Crippen LogP contribution in [0.2, 0.25) is 0 Å². The topological polar surface area (TPSA) is 75.9 Å². The van der Waals surface area contributed by atoms with Gasteiger partial charge in [0, 0.05) is 50.7 Å². The molecule has 0 radical (unpaired) electrons. The Kier molecular flexibility index (Phi) is 6.20. The fourth-order valence-electron chi connectivity index (χ4n) is 3.51. The van der Waals surface area contributed by atoms with Crippen LogP contribution in [0.15, 0.2) is 24.5 Å². The molecule has 3 heterocycles. The fourth-order valence-corrected chi connectivity index (χ4v) is 3.51. The van der Waals surface area contributed by atoms with Crippen LogP contribution in [-0.2, 0) is 11.3 Å². The molecule has 7 nitrogen and oxygen atoms in total. The Bertz CT molecular complexity index is 714. The van der Waals surface area contributed by atoms with E-state index in [-0.39, 0.29) is 5.91 Å². The Balaban J connectivity index is 1.38. The van der Waals surface area contributed by atoms with Crippen molar-refractivity contribution in [3.63, 3.8) is 0 Å². The number of amides is 1. The fraction of sp³-hybridized carbons (Fsp3) is 0.579. The van der Waals surface area contributed by atoms with Crippen LogP contribution in [0.4, 0.5) is 5.95 Å². The van der Waals surface area contributed by atoms with Crippen molar-refractivity contribution >= 4 is 11.9 Å². The van der Waals surface area contributed by atoms with Gasteiger partial charge in [-0.3, -0.25) is 9.48 Å². The molecule has 1 aliphatic heterocycles. The third-order valence-electron chi connectivity index (χ3n) is 4.82. The lowest BCUT2D eigenvalue weighted by atomic mass is 9.98. The molecule has 1 aliphatic rings. The van der Waals surface area contributed by atoms with Gasteiger partial charge >= 0.3 is 0 Å². The van der Waals surface area contributed by atoms with Crippen molar-refractivity contribution < 1.29 is 4.79 Å². The first-order valence-electron chi connectivity index (χ1n) is 9.41. The van der Waals surface area contributed by atoms with Gasteiger partial charge in [-0.15, -0.1) is 0 Å². The molecule has 26 heavy (non-hydrogen) atoms. The molecule has 2 aromatic rings. The minimum absolute atomic E-state index is 0.125. The van der Waals surface area contributed by atoms with Crippen molar-refractivity contribution in [1.29, 1.82) is 0 Å². The standard InChI is InChI=1S/C19H28N6O/c1-15-12-16(2)25(23-15)11-4-7-18(26)22-13-17-6-3-10-24(14-17)19-20-8-5-9-21-19/h5,8-9,12,17H,3-4,6-7,10-11,13-14H2,1-2H3,(H,22,26)/t17-/m1/s1. The number of piperidine rings is 1. The molecule has 1 N–H and O–H groups in total. The average Bonchev–Trinajstić information content (AvgIpc) is 2.98. The third-order valence-corrected chi connectivity index (χ3v) is 4.82. The second kappa shape index (κ2) is 8.78. The van der Waals surface area contributed by atoms with E-state index in [1.54, 1.807) is 12.4 Å². The molecule has 0 saturated carbocycles.